The minimum Gasteiger partial charge on any atom is -0.394 e. The molecule has 1 atom stereocenters. The van der Waals surface area contributed by atoms with Crippen LogP contribution in [0.1, 0.15) is 6.92 Å². The predicted octanol–water partition coefficient (Wildman–Crippen LogP) is 1.46. The van der Waals surface area contributed by atoms with E-state index in [1.165, 1.54) is 12.1 Å². The van der Waals surface area contributed by atoms with Crippen molar-refractivity contribution >= 4 is 23.1 Å². The Hall–Kier alpha value is -1.40. The Bertz CT molecular complexity index is 400. The monoisotopic (exact) mass is 245 g/mol. The Morgan fingerprint density at radius 3 is 2.81 bits per heavy atom. The number of aliphatic hydroxyl groups is 1. The van der Waals surface area contributed by atoms with Gasteiger partial charge in [-0.25, -0.2) is 4.98 Å². The van der Waals surface area contributed by atoms with Crippen LogP contribution in [-0.4, -0.2) is 34.7 Å². The molecule has 1 rings (SSSR count). The van der Waals surface area contributed by atoms with E-state index in [2.05, 4.69) is 4.98 Å². The molecule has 7 heteroatoms. The number of aromatic nitrogens is 1. The molecule has 0 fully saturated rings. The molecule has 1 heterocycles. The van der Waals surface area contributed by atoms with Gasteiger partial charge in [0, 0.05) is 7.05 Å². The Kier molecular flexibility index (Phi) is 4.03. The number of nitro groups is 1. The zero-order valence-corrected chi connectivity index (χ0v) is 9.68. The van der Waals surface area contributed by atoms with Gasteiger partial charge in [-0.1, -0.05) is 11.6 Å². The van der Waals surface area contributed by atoms with Crippen LogP contribution in [0.15, 0.2) is 12.1 Å². The van der Waals surface area contributed by atoms with Gasteiger partial charge in [0.1, 0.15) is 11.0 Å². The van der Waals surface area contributed by atoms with Crippen molar-refractivity contribution in [1.29, 1.82) is 0 Å². The molecule has 0 aliphatic rings. The molecule has 16 heavy (non-hydrogen) atoms. The Balaban J connectivity index is 3.09. The molecule has 0 aromatic carbocycles. The average Bonchev–Trinajstić information content (AvgIpc) is 2.26. The van der Waals surface area contributed by atoms with Gasteiger partial charge in [0.15, 0.2) is 0 Å². The summed E-state index contributed by atoms with van der Waals surface area (Å²) in [6.07, 6.45) is 0. The first-order valence-corrected chi connectivity index (χ1v) is 4.99. The minimum atomic E-state index is -0.533. The van der Waals surface area contributed by atoms with Crippen LogP contribution in [-0.2, 0) is 0 Å². The third-order valence-corrected chi connectivity index (χ3v) is 2.46. The van der Waals surface area contributed by atoms with Crippen molar-refractivity contribution in [3.63, 3.8) is 0 Å². The Morgan fingerprint density at radius 2 is 2.31 bits per heavy atom. The lowest BCUT2D eigenvalue weighted by atomic mass is 10.3. The van der Waals surface area contributed by atoms with E-state index in [1.54, 1.807) is 18.9 Å². The summed E-state index contributed by atoms with van der Waals surface area (Å²) in [5, 5.41) is 19.7. The fourth-order valence-electron chi connectivity index (χ4n) is 1.10. The lowest BCUT2D eigenvalue weighted by Crippen LogP contribution is -2.32. The molecule has 0 bridgehead atoms. The maximum Gasteiger partial charge on any atom is 0.276 e. The van der Waals surface area contributed by atoms with Crippen molar-refractivity contribution in [2.24, 2.45) is 0 Å². The number of hydrogen-bond acceptors (Lipinski definition) is 5. The Labute approximate surface area is 97.6 Å². The maximum absolute atomic E-state index is 10.6. The van der Waals surface area contributed by atoms with Crippen LogP contribution in [0.3, 0.4) is 0 Å². The molecule has 88 valence electrons. The SMILES string of the molecule is CC(CO)N(C)c1cc([N+](=O)[O-])cc(Cl)n1. The third kappa shape index (κ3) is 2.80. The van der Waals surface area contributed by atoms with E-state index in [4.69, 9.17) is 16.7 Å². The maximum atomic E-state index is 10.6. The first-order chi connectivity index (χ1) is 7.45. The molecule has 0 spiro atoms. The molecule has 0 aliphatic heterocycles. The van der Waals surface area contributed by atoms with Crippen molar-refractivity contribution in [3.8, 4) is 0 Å². The second kappa shape index (κ2) is 5.09. The van der Waals surface area contributed by atoms with E-state index in [9.17, 15) is 10.1 Å². The van der Waals surface area contributed by atoms with Crippen LogP contribution < -0.4 is 4.90 Å². The smallest absolute Gasteiger partial charge is 0.276 e. The number of rotatable bonds is 4. The Morgan fingerprint density at radius 1 is 1.69 bits per heavy atom. The quantitative estimate of drug-likeness (QED) is 0.494. The number of nitrogens with zero attached hydrogens (tertiary/aromatic N) is 3. The summed E-state index contributed by atoms with van der Waals surface area (Å²) in [6.45, 7) is 1.70. The minimum absolute atomic E-state index is 0.0567. The summed E-state index contributed by atoms with van der Waals surface area (Å²) in [6, 6.07) is 2.31. The fraction of sp³-hybridized carbons (Fsp3) is 0.444. The molecule has 0 aliphatic carbocycles. The first kappa shape index (κ1) is 12.7. The second-order valence-electron chi connectivity index (χ2n) is 3.41. The highest BCUT2D eigenvalue weighted by Crippen LogP contribution is 2.23. The molecular weight excluding hydrogens is 234 g/mol. The molecule has 0 amide bonds. The second-order valence-corrected chi connectivity index (χ2v) is 3.79. The highest BCUT2D eigenvalue weighted by Gasteiger charge is 2.15. The average molecular weight is 246 g/mol. The van der Waals surface area contributed by atoms with E-state index < -0.39 is 4.92 Å². The number of aliphatic hydroxyl groups excluding tert-OH is 1. The normalized spacial score (nSPS) is 12.2. The molecular formula is C9H12ClN3O3. The highest BCUT2D eigenvalue weighted by molar-refractivity contribution is 6.29. The summed E-state index contributed by atoms with van der Waals surface area (Å²) in [5.74, 6) is 0.362. The van der Waals surface area contributed by atoms with Gasteiger partial charge >= 0.3 is 0 Å². The lowest BCUT2D eigenvalue weighted by Gasteiger charge is -2.23. The molecule has 0 saturated heterocycles. The number of halogens is 1. The van der Waals surface area contributed by atoms with Gasteiger partial charge in [-0.2, -0.15) is 0 Å². The van der Waals surface area contributed by atoms with Crippen LogP contribution in [0.25, 0.3) is 0 Å². The molecule has 1 unspecified atom stereocenters. The van der Waals surface area contributed by atoms with Crippen molar-refractivity contribution in [1.82, 2.24) is 4.98 Å². The number of anilines is 1. The molecule has 1 aromatic heterocycles. The first-order valence-electron chi connectivity index (χ1n) is 4.61. The van der Waals surface area contributed by atoms with Gasteiger partial charge in [0.25, 0.3) is 5.69 Å². The number of pyridine rings is 1. The van der Waals surface area contributed by atoms with Crippen LogP contribution in [0.5, 0.6) is 0 Å². The molecule has 6 nitrogen and oxygen atoms in total. The van der Waals surface area contributed by atoms with Crippen LogP contribution in [0.2, 0.25) is 5.15 Å². The zero-order chi connectivity index (χ0) is 12.3. The third-order valence-electron chi connectivity index (χ3n) is 2.26. The van der Waals surface area contributed by atoms with Gasteiger partial charge in [0.05, 0.1) is 29.7 Å². The van der Waals surface area contributed by atoms with Crippen molar-refractivity contribution in [3.05, 3.63) is 27.4 Å². The molecule has 1 N–H and O–H groups in total. The molecule has 0 radical (unpaired) electrons. The largest absolute Gasteiger partial charge is 0.394 e. The van der Waals surface area contributed by atoms with E-state index in [0.717, 1.165) is 0 Å². The summed E-state index contributed by atoms with van der Waals surface area (Å²) in [7, 11) is 1.68. The van der Waals surface area contributed by atoms with Gasteiger partial charge in [-0.3, -0.25) is 10.1 Å². The van der Waals surface area contributed by atoms with Crippen LogP contribution >= 0.6 is 11.6 Å². The summed E-state index contributed by atoms with van der Waals surface area (Å²) in [5.41, 5.74) is -0.119. The van der Waals surface area contributed by atoms with E-state index >= 15 is 0 Å². The number of likely N-dealkylation sites (N-methyl/N-ethyl adjacent to an activating group) is 1. The summed E-state index contributed by atoms with van der Waals surface area (Å²) in [4.78, 5) is 15.7. The van der Waals surface area contributed by atoms with Crippen LogP contribution in [0.4, 0.5) is 11.5 Å². The highest BCUT2D eigenvalue weighted by atomic mass is 35.5. The predicted molar refractivity (Wildman–Crippen MR) is 60.9 cm³/mol. The molecule has 0 saturated carbocycles. The zero-order valence-electron chi connectivity index (χ0n) is 8.92. The van der Waals surface area contributed by atoms with Crippen molar-refractivity contribution < 1.29 is 10.0 Å². The lowest BCUT2D eigenvalue weighted by molar-refractivity contribution is -0.384. The van der Waals surface area contributed by atoms with Crippen molar-refractivity contribution in [2.45, 2.75) is 13.0 Å². The standard InChI is InChI=1S/C9H12ClN3O3/c1-6(5-14)12(2)9-4-7(13(15)16)3-8(10)11-9/h3-4,6,14H,5H2,1-2H3. The van der Waals surface area contributed by atoms with Gasteiger partial charge in [-0.15, -0.1) is 0 Å². The van der Waals surface area contributed by atoms with E-state index in [-0.39, 0.29) is 23.5 Å². The topological polar surface area (TPSA) is 79.5 Å². The fourth-order valence-corrected chi connectivity index (χ4v) is 1.30. The number of hydrogen-bond donors (Lipinski definition) is 1. The van der Waals surface area contributed by atoms with Gasteiger partial charge in [0.2, 0.25) is 0 Å². The van der Waals surface area contributed by atoms with Gasteiger partial charge < -0.3 is 10.0 Å². The van der Waals surface area contributed by atoms with Gasteiger partial charge in [-0.05, 0) is 6.92 Å². The van der Waals surface area contributed by atoms with Crippen molar-refractivity contribution in [2.75, 3.05) is 18.6 Å². The summed E-state index contributed by atoms with van der Waals surface area (Å²) >= 11 is 5.68. The molecule has 1 aromatic rings. The summed E-state index contributed by atoms with van der Waals surface area (Å²) < 4.78 is 0. The van der Waals surface area contributed by atoms with Crippen LogP contribution in [0, 0.1) is 10.1 Å². The van der Waals surface area contributed by atoms with E-state index in [1.807, 2.05) is 0 Å². The van der Waals surface area contributed by atoms with E-state index in [0.29, 0.717) is 5.82 Å².